The van der Waals surface area contributed by atoms with Gasteiger partial charge in [0.1, 0.15) is 5.75 Å². The molecule has 0 fully saturated rings. The average Bonchev–Trinajstić information content (AvgIpc) is 2.05. The SMILES string of the molecule is C1=COc2ccccc2C1.[Al].[Cu]. The maximum atomic E-state index is 5.24. The van der Waals surface area contributed by atoms with Crippen molar-refractivity contribution in [2.45, 2.75) is 6.42 Å². The fourth-order valence-corrected chi connectivity index (χ4v) is 1.08. The smallest absolute Gasteiger partial charge is 0.130 e. The number of benzene rings is 1. The van der Waals surface area contributed by atoms with Crippen molar-refractivity contribution in [1.29, 1.82) is 0 Å². The van der Waals surface area contributed by atoms with Gasteiger partial charge in [-0.25, -0.2) is 0 Å². The first-order valence-corrected chi connectivity index (χ1v) is 3.36. The van der Waals surface area contributed by atoms with Gasteiger partial charge in [-0.15, -0.1) is 0 Å². The van der Waals surface area contributed by atoms with Crippen molar-refractivity contribution in [3.8, 4) is 5.75 Å². The first-order chi connectivity index (χ1) is 4.97. The van der Waals surface area contributed by atoms with Gasteiger partial charge in [-0.05, 0) is 24.1 Å². The standard InChI is InChI=1S/C9H8O.Al.Cu/c1-2-6-9-8(4-1)5-3-7-10-9;;/h1-4,6-7H,5H2;;. The molecule has 3 heteroatoms. The van der Waals surface area contributed by atoms with Gasteiger partial charge in [0, 0.05) is 34.4 Å². The summed E-state index contributed by atoms with van der Waals surface area (Å²) < 4.78 is 5.24. The van der Waals surface area contributed by atoms with Crippen molar-refractivity contribution in [2.75, 3.05) is 0 Å². The van der Waals surface area contributed by atoms with Crippen LogP contribution in [0, 0.1) is 0 Å². The fraction of sp³-hybridized carbons (Fsp3) is 0.111. The maximum Gasteiger partial charge on any atom is 0.130 e. The molecule has 12 heavy (non-hydrogen) atoms. The van der Waals surface area contributed by atoms with E-state index in [1.807, 2.05) is 24.3 Å². The van der Waals surface area contributed by atoms with Crippen molar-refractivity contribution in [1.82, 2.24) is 0 Å². The van der Waals surface area contributed by atoms with Gasteiger partial charge in [-0.3, -0.25) is 0 Å². The van der Waals surface area contributed by atoms with Crippen molar-refractivity contribution >= 4 is 17.4 Å². The van der Waals surface area contributed by atoms with Crippen LogP contribution >= 0.6 is 0 Å². The molecule has 1 aliphatic rings. The van der Waals surface area contributed by atoms with Gasteiger partial charge in [-0.2, -0.15) is 0 Å². The molecule has 0 bridgehead atoms. The monoisotopic (exact) mass is 222 g/mol. The average molecular weight is 223 g/mol. The van der Waals surface area contributed by atoms with Crippen LogP contribution in [0.1, 0.15) is 5.56 Å². The summed E-state index contributed by atoms with van der Waals surface area (Å²) in [6.45, 7) is 0. The van der Waals surface area contributed by atoms with E-state index in [0.29, 0.717) is 0 Å². The number of fused-ring (bicyclic) bond motifs is 1. The Morgan fingerprint density at radius 3 is 2.67 bits per heavy atom. The van der Waals surface area contributed by atoms with Crippen LogP contribution in [0.3, 0.4) is 0 Å². The normalized spacial score (nSPS) is 11.7. The number of hydrogen-bond donors (Lipinski definition) is 0. The van der Waals surface area contributed by atoms with Crippen LogP contribution in [-0.4, -0.2) is 17.4 Å². The molecule has 1 aromatic rings. The second-order valence-corrected chi connectivity index (χ2v) is 2.30. The van der Waals surface area contributed by atoms with Gasteiger partial charge in [0.2, 0.25) is 0 Å². The molecule has 0 atom stereocenters. The van der Waals surface area contributed by atoms with Crippen LogP contribution in [0.4, 0.5) is 0 Å². The predicted octanol–water partition coefficient (Wildman–Crippen LogP) is 1.75. The Labute approximate surface area is 93.4 Å². The molecule has 0 aromatic heterocycles. The van der Waals surface area contributed by atoms with Crippen LogP contribution in [0.2, 0.25) is 0 Å². The second-order valence-electron chi connectivity index (χ2n) is 2.30. The number of rotatable bonds is 0. The summed E-state index contributed by atoms with van der Waals surface area (Å²) in [5, 5.41) is 0. The predicted molar refractivity (Wildman–Crippen MR) is 45.7 cm³/mol. The summed E-state index contributed by atoms with van der Waals surface area (Å²) in [5.41, 5.74) is 1.27. The zero-order valence-electron chi connectivity index (χ0n) is 6.46. The molecule has 1 aromatic carbocycles. The van der Waals surface area contributed by atoms with Crippen LogP contribution in [0.25, 0.3) is 0 Å². The third-order valence-corrected chi connectivity index (χ3v) is 1.60. The molecular weight excluding hydrogens is 215 g/mol. The Morgan fingerprint density at radius 2 is 1.92 bits per heavy atom. The second kappa shape index (κ2) is 5.46. The van der Waals surface area contributed by atoms with E-state index >= 15 is 0 Å². The van der Waals surface area contributed by atoms with E-state index in [1.54, 1.807) is 6.26 Å². The Hall–Kier alpha value is -0.188. The molecule has 2 rings (SSSR count). The van der Waals surface area contributed by atoms with E-state index in [9.17, 15) is 0 Å². The van der Waals surface area contributed by atoms with Crippen LogP contribution in [0.15, 0.2) is 36.6 Å². The van der Waals surface area contributed by atoms with E-state index in [4.69, 9.17) is 4.74 Å². The summed E-state index contributed by atoms with van der Waals surface area (Å²) in [6.07, 6.45) is 4.75. The fourth-order valence-electron chi connectivity index (χ4n) is 1.08. The Kier molecular flexibility index (Phi) is 5.37. The molecular formula is C9H8AlCuO. The van der Waals surface area contributed by atoms with Gasteiger partial charge in [0.05, 0.1) is 6.26 Å². The molecule has 0 saturated carbocycles. The maximum absolute atomic E-state index is 5.24. The van der Waals surface area contributed by atoms with Crippen LogP contribution in [0.5, 0.6) is 5.75 Å². The van der Waals surface area contributed by atoms with E-state index < -0.39 is 0 Å². The Morgan fingerprint density at radius 1 is 1.17 bits per heavy atom. The number of hydrogen-bond acceptors (Lipinski definition) is 1. The molecule has 1 aliphatic heterocycles. The molecule has 0 unspecified atom stereocenters. The van der Waals surface area contributed by atoms with Crippen LogP contribution in [-0.2, 0) is 23.5 Å². The summed E-state index contributed by atoms with van der Waals surface area (Å²) in [6, 6.07) is 8.08. The molecule has 0 spiro atoms. The van der Waals surface area contributed by atoms with E-state index in [1.165, 1.54) is 5.56 Å². The van der Waals surface area contributed by atoms with Gasteiger partial charge in [0.15, 0.2) is 0 Å². The van der Waals surface area contributed by atoms with Crippen molar-refractivity contribution in [2.24, 2.45) is 0 Å². The first kappa shape index (κ1) is 11.8. The molecule has 64 valence electrons. The minimum Gasteiger partial charge on any atom is -0.465 e. The van der Waals surface area contributed by atoms with E-state index in [-0.39, 0.29) is 34.4 Å². The first-order valence-electron chi connectivity index (χ1n) is 3.36. The number of para-hydroxylation sites is 1. The molecule has 0 amide bonds. The van der Waals surface area contributed by atoms with Gasteiger partial charge < -0.3 is 4.74 Å². The number of allylic oxidation sites excluding steroid dienone is 1. The van der Waals surface area contributed by atoms with Gasteiger partial charge >= 0.3 is 0 Å². The van der Waals surface area contributed by atoms with Crippen molar-refractivity contribution in [3.05, 3.63) is 42.2 Å². The zero-order chi connectivity index (χ0) is 6.81. The summed E-state index contributed by atoms with van der Waals surface area (Å²) >= 11 is 0. The Bertz CT molecular complexity index is 246. The molecule has 1 heterocycles. The van der Waals surface area contributed by atoms with Gasteiger partial charge in [-0.1, -0.05) is 18.2 Å². The van der Waals surface area contributed by atoms with E-state index in [0.717, 1.165) is 12.2 Å². The summed E-state index contributed by atoms with van der Waals surface area (Å²) in [5.74, 6) is 0.991. The Balaban J connectivity index is 0.000000605. The summed E-state index contributed by atoms with van der Waals surface area (Å²) in [4.78, 5) is 0. The third kappa shape index (κ3) is 2.40. The molecule has 0 N–H and O–H groups in total. The van der Waals surface area contributed by atoms with Gasteiger partial charge in [0.25, 0.3) is 0 Å². The molecule has 4 radical (unpaired) electrons. The third-order valence-electron chi connectivity index (χ3n) is 1.60. The minimum atomic E-state index is 0. The minimum absolute atomic E-state index is 0. The molecule has 1 nitrogen and oxygen atoms in total. The topological polar surface area (TPSA) is 9.23 Å². The molecule has 0 saturated heterocycles. The quantitative estimate of drug-likeness (QED) is 0.608. The summed E-state index contributed by atoms with van der Waals surface area (Å²) in [7, 11) is 0. The largest absolute Gasteiger partial charge is 0.465 e. The van der Waals surface area contributed by atoms with E-state index in [2.05, 4.69) is 6.07 Å². The molecule has 0 aliphatic carbocycles. The van der Waals surface area contributed by atoms with Crippen molar-refractivity contribution in [3.63, 3.8) is 0 Å². The zero-order valence-corrected chi connectivity index (χ0v) is 8.55. The number of ether oxygens (including phenoxy) is 1. The van der Waals surface area contributed by atoms with Crippen LogP contribution < -0.4 is 4.74 Å². The van der Waals surface area contributed by atoms with Crippen molar-refractivity contribution < 1.29 is 21.8 Å².